The average Bonchev–Trinajstić information content (AvgIpc) is 3.63. The number of nitrogens with one attached hydrogen (secondary N) is 2. The van der Waals surface area contributed by atoms with E-state index in [-0.39, 0.29) is 53.1 Å². The van der Waals surface area contributed by atoms with E-state index in [0.717, 1.165) is 25.7 Å². The second-order valence-electron chi connectivity index (χ2n) is 12.9. The van der Waals surface area contributed by atoms with Crippen LogP contribution >= 0.6 is 11.6 Å². The number of sulfonamides is 1. The summed E-state index contributed by atoms with van der Waals surface area (Å²) in [6.07, 6.45) is 3.05. The summed E-state index contributed by atoms with van der Waals surface area (Å²) < 4.78 is 66.2. The molecule has 3 saturated heterocycles. The zero-order chi connectivity index (χ0) is 30.5. The number of rotatable bonds is 9. The number of anilines is 1. The second kappa shape index (κ2) is 12.0. The van der Waals surface area contributed by atoms with Crippen molar-refractivity contribution in [1.82, 2.24) is 14.5 Å². The SMILES string of the molecule is O=C1Nc2cc(Cl)c(C(=O)NC3C[C@H]4CC[C@@H](C3)N4S(=O)(=O)CC3CCN(CCCC(F)(F)F)CC3)cc2/C1=C\C1CC1. The molecule has 4 fully saturated rings. The maximum atomic E-state index is 13.6. The molecule has 2 bridgehead atoms. The predicted molar refractivity (Wildman–Crippen MR) is 158 cm³/mol. The highest BCUT2D eigenvalue weighted by Gasteiger charge is 2.47. The number of allylic oxidation sites excluding steroid dienone is 1. The molecule has 8 nitrogen and oxygen atoms in total. The number of amides is 2. The fourth-order valence-corrected chi connectivity index (χ4v) is 9.92. The molecule has 4 heterocycles. The Morgan fingerprint density at radius 1 is 1.07 bits per heavy atom. The van der Waals surface area contributed by atoms with Gasteiger partial charge in [-0.25, -0.2) is 8.42 Å². The Labute approximate surface area is 255 Å². The Bertz CT molecular complexity index is 1390. The van der Waals surface area contributed by atoms with Gasteiger partial charge in [-0.05, 0) is 101 Å². The molecule has 0 spiro atoms. The molecule has 0 aromatic heterocycles. The van der Waals surface area contributed by atoms with Gasteiger partial charge in [0, 0.05) is 35.7 Å². The molecule has 3 atom stereocenters. The molecule has 1 saturated carbocycles. The van der Waals surface area contributed by atoms with E-state index in [9.17, 15) is 31.2 Å². The third-order valence-corrected chi connectivity index (χ3v) is 12.0. The van der Waals surface area contributed by atoms with Crippen molar-refractivity contribution in [2.24, 2.45) is 11.8 Å². The van der Waals surface area contributed by atoms with Crippen LogP contribution in [0, 0.1) is 11.8 Å². The van der Waals surface area contributed by atoms with Gasteiger partial charge < -0.3 is 15.5 Å². The molecule has 1 aromatic rings. The van der Waals surface area contributed by atoms with Crippen LogP contribution < -0.4 is 10.6 Å². The van der Waals surface area contributed by atoms with Gasteiger partial charge in [-0.15, -0.1) is 0 Å². The van der Waals surface area contributed by atoms with Crippen molar-refractivity contribution in [3.05, 3.63) is 34.4 Å². The molecule has 0 radical (unpaired) electrons. The van der Waals surface area contributed by atoms with Crippen molar-refractivity contribution >= 4 is 44.7 Å². The first-order chi connectivity index (χ1) is 20.4. The van der Waals surface area contributed by atoms with Gasteiger partial charge in [-0.3, -0.25) is 9.59 Å². The van der Waals surface area contributed by atoms with Crippen LogP contribution in [-0.2, 0) is 14.8 Å². The van der Waals surface area contributed by atoms with Crippen molar-refractivity contribution in [2.75, 3.05) is 30.7 Å². The molecule has 1 aliphatic carbocycles. The van der Waals surface area contributed by atoms with Crippen LogP contribution in [0.2, 0.25) is 5.02 Å². The van der Waals surface area contributed by atoms with Gasteiger partial charge >= 0.3 is 6.18 Å². The standard InChI is InChI=1S/C30H38ClF3N4O4S/c31-26-16-27-23(24(28(39)36-27)12-18-2-3-18)15-25(26)29(40)35-20-13-21-4-5-22(14-20)38(21)43(41,42)17-19-6-10-37(11-7-19)9-1-8-30(32,33)34/h12,15-16,18-22H,1-11,13-14,17H2,(H,35,40)(H,36,39)/b24-12+/t20?,21-,22+. The smallest absolute Gasteiger partial charge is 0.349 e. The van der Waals surface area contributed by atoms with Crippen LogP contribution in [0.4, 0.5) is 18.9 Å². The molecule has 5 aliphatic rings. The van der Waals surface area contributed by atoms with E-state index in [4.69, 9.17) is 11.6 Å². The number of fused-ring (bicyclic) bond motifs is 3. The fourth-order valence-electron chi connectivity index (χ4n) is 7.28. The second-order valence-corrected chi connectivity index (χ2v) is 15.2. The summed E-state index contributed by atoms with van der Waals surface area (Å²) >= 11 is 6.46. The predicted octanol–water partition coefficient (Wildman–Crippen LogP) is 5.20. The zero-order valence-electron chi connectivity index (χ0n) is 24.0. The Balaban J connectivity index is 1.04. The molecule has 43 heavy (non-hydrogen) atoms. The molecule has 1 unspecified atom stereocenters. The normalized spacial score (nSPS) is 27.9. The Hall–Kier alpha value is -2.15. The number of halogens is 4. The largest absolute Gasteiger partial charge is 0.389 e. The number of likely N-dealkylation sites (tertiary alicyclic amines) is 1. The van der Waals surface area contributed by atoms with E-state index >= 15 is 0 Å². The van der Waals surface area contributed by atoms with Gasteiger partial charge in [0.15, 0.2) is 0 Å². The first kappa shape index (κ1) is 30.9. The Kier molecular flexibility index (Phi) is 8.60. The molecular formula is C30H38ClF3N4O4S. The lowest BCUT2D eigenvalue weighted by Gasteiger charge is -2.39. The summed E-state index contributed by atoms with van der Waals surface area (Å²) in [7, 11) is -3.52. The highest BCUT2D eigenvalue weighted by atomic mass is 35.5. The highest BCUT2D eigenvalue weighted by Crippen LogP contribution is 2.42. The Morgan fingerprint density at radius 2 is 1.74 bits per heavy atom. The molecule has 2 N–H and O–H groups in total. The zero-order valence-corrected chi connectivity index (χ0v) is 25.5. The van der Waals surface area contributed by atoms with Gasteiger partial charge in [0.05, 0.1) is 22.0 Å². The minimum atomic E-state index is -4.15. The number of benzene rings is 1. The number of nitrogens with zero attached hydrogens (tertiary/aromatic N) is 2. The van der Waals surface area contributed by atoms with Gasteiger partial charge in [0.1, 0.15) is 0 Å². The monoisotopic (exact) mass is 642 g/mol. The molecule has 2 amide bonds. The third-order valence-electron chi connectivity index (χ3n) is 9.57. The van der Waals surface area contributed by atoms with Crippen molar-refractivity contribution in [1.29, 1.82) is 0 Å². The lowest BCUT2D eigenvalue weighted by atomic mass is 9.98. The van der Waals surface area contributed by atoms with E-state index in [1.54, 1.807) is 16.4 Å². The number of carbonyl (C=O) groups excluding carboxylic acids is 2. The number of hydrogen-bond donors (Lipinski definition) is 2. The van der Waals surface area contributed by atoms with Gasteiger partial charge in [-0.1, -0.05) is 17.7 Å². The third kappa shape index (κ3) is 7.07. The summed E-state index contributed by atoms with van der Waals surface area (Å²) in [5.74, 6) is -0.0848. The minimum absolute atomic E-state index is 0.0112. The average molecular weight is 643 g/mol. The van der Waals surface area contributed by atoms with E-state index in [0.29, 0.717) is 73.6 Å². The van der Waals surface area contributed by atoms with Crippen molar-refractivity contribution < 1.29 is 31.2 Å². The van der Waals surface area contributed by atoms with Crippen LogP contribution in [-0.4, -0.2) is 79.1 Å². The Morgan fingerprint density at radius 3 is 2.37 bits per heavy atom. The number of hydrogen-bond acceptors (Lipinski definition) is 5. The van der Waals surface area contributed by atoms with Crippen molar-refractivity contribution in [3.8, 4) is 0 Å². The summed E-state index contributed by atoms with van der Waals surface area (Å²) in [6.45, 7) is 1.62. The van der Waals surface area contributed by atoms with Crippen molar-refractivity contribution in [3.63, 3.8) is 0 Å². The van der Waals surface area contributed by atoms with Crippen LogP contribution in [0.1, 0.15) is 80.1 Å². The first-order valence-electron chi connectivity index (χ1n) is 15.3. The quantitative estimate of drug-likeness (QED) is 0.361. The van der Waals surface area contributed by atoms with E-state index < -0.39 is 22.6 Å². The van der Waals surface area contributed by atoms with Crippen LogP contribution in [0.15, 0.2) is 18.2 Å². The summed E-state index contributed by atoms with van der Waals surface area (Å²) in [4.78, 5) is 27.8. The number of piperidine rings is 2. The maximum absolute atomic E-state index is 13.6. The van der Waals surface area contributed by atoms with E-state index in [2.05, 4.69) is 10.6 Å². The molecule has 13 heteroatoms. The van der Waals surface area contributed by atoms with Crippen LogP contribution in [0.5, 0.6) is 0 Å². The fraction of sp³-hybridized carbons (Fsp3) is 0.667. The summed E-state index contributed by atoms with van der Waals surface area (Å²) in [6, 6.07) is 2.74. The number of carbonyl (C=O) groups is 2. The molecule has 4 aliphatic heterocycles. The lowest BCUT2D eigenvalue weighted by molar-refractivity contribution is -0.136. The number of alkyl halides is 3. The lowest BCUT2D eigenvalue weighted by Crippen LogP contribution is -2.53. The minimum Gasteiger partial charge on any atom is -0.349 e. The first-order valence-corrected chi connectivity index (χ1v) is 17.3. The van der Waals surface area contributed by atoms with E-state index in [1.807, 2.05) is 11.0 Å². The molecule has 236 valence electrons. The molecular weight excluding hydrogens is 605 g/mol. The maximum Gasteiger partial charge on any atom is 0.389 e. The van der Waals surface area contributed by atoms with Gasteiger partial charge in [-0.2, -0.15) is 17.5 Å². The van der Waals surface area contributed by atoms with Crippen molar-refractivity contribution in [2.45, 2.75) is 88.5 Å². The van der Waals surface area contributed by atoms with Gasteiger partial charge in [0.25, 0.3) is 11.8 Å². The highest BCUT2D eigenvalue weighted by molar-refractivity contribution is 7.89. The molecule has 1 aromatic carbocycles. The van der Waals surface area contributed by atoms with Crippen LogP contribution in [0.3, 0.4) is 0 Å². The summed E-state index contributed by atoms with van der Waals surface area (Å²) in [5, 5.41) is 6.16. The van der Waals surface area contributed by atoms with Crippen LogP contribution in [0.25, 0.3) is 5.57 Å². The summed E-state index contributed by atoms with van der Waals surface area (Å²) in [5.41, 5.74) is 2.15. The van der Waals surface area contributed by atoms with E-state index in [1.165, 1.54) is 0 Å². The van der Waals surface area contributed by atoms with Gasteiger partial charge in [0.2, 0.25) is 10.0 Å². The molecule has 6 rings (SSSR count). The topological polar surface area (TPSA) is 98.8 Å².